The minimum absolute atomic E-state index is 0.131. The molecule has 6 heteroatoms. The van der Waals surface area contributed by atoms with Crippen molar-refractivity contribution in [2.75, 3.05) is 24.7 Å². The molecule has 1 aromatic carbocycles. The number of hydrogen-bond donors (Lipinski definition) is 2. The molecule has 0 aliphatic carbocycles. The van der Waals surface area contributed by atoms with E-state index in [1.807, 2.05) is 31.2 Å². The lowest BCUT2D eigenvalue weighted by molar-refractivity contribution is -0.124. The summed E-state index contributed by atoms with van der Waals surface area (Å²) in [5.74, 6) is 1.09. The first-order valence-corrected chi connectivity index (χ1v) is 8.31. The van der Waals surface area contributed by atoms with Crippen molar-refractivity contribution in [1.82, 2.24) is 15.6 Å². The van der Waals surface area contributed by atoms with E-state index in [-0.39, 0.29) is 11.4 Å². The zero-order chi connectivity index (χ0) is 16.0. The molecule has 0 unspecified atom stereocenters. The smallest absolute Gasteiger partial charge is 0.241 e. The Bertz CT molecular complexity index is 784. The second kappa shape index (κ2) is 5.35. The van der Waals surface area contributed by atoms with Crippen LogP contribution in [-0.2, 0) is 4.79 Å². The van der Waals surface area contributed by atoms with Crippen molar-refractivity contribution < 1.29 is 4.79 Å². The first kappa shape index (κ1) is 14.7. The van der Waals surface area contributed by atoms with Crippen LogP contribution in [0.25, 0.3) is 10.9 Å². The van der Waals surface area contributed by atoms with E-state index in [2.05, 4.69) is 15.5 Å². The number of pyridine rings is 1. The summed E-state index contributed by atoms with van der Waals surface area (Å²) < 4.78 is 0. The fourth-order valence-corrected chi connectivity index (χ4v) is 3.77. The predicted molar refractivity (Wildman–Crippen MR) is 91.8 cm³/mol. The van der Waals surface area contributed by atoms with Crippen molar-refractivity contribution in [3.05, 3.63) is 34.9 Å². The molecule has 1 amide bonds. The quantitative estimate of drug-likeness (QED) is 0.841. The summed E-state index contributed by atoms with van der Waals surface area (Å²) >= 11 is 6.26. The first-order valence-electron chi connectivity index (χ1n) is 7.93. The Kier molecular flexibility index (Phi) is 3.43. The number of nitrogens with one attached hydrogen (secondary N) is 2. The fourth-order valence-electron chi connectivity index (χ4n) is 3.55. The fraction of sp³-hybridized carbons (Fsp3) is 0.412. The molecule has 1 spiro atoms. The number of hydrogen-bond acceptors (Lipinski definition) is 4. The molecule has 2 N–H and O–H groups in total. The molecule has 120 valence electrons. The molecule has 2 aliphatic heterocycles. The summed E-state index contributed by atoms with van der Waals surface area (Å²) in [4.78, 5) is 19.1. The van der Waals surface area contributed by atoms with Crippen LogP contribution < -0.4 is 15.5 Å². The van der Waals surface area contributed by atoms with Gasteiger partial charge in [-0.3, -0.25) is 10.1 Å². The van der Waals surface area contributed by atoms with Crippen LogP contribution in [0.4, 0.5) is 5.82 Å². The molecule has 23 heavy (non-hydrogen) atoms. The van der Waals surface area contributed by atoms with Crippen LogP contribution in [0.5, 0.6) is 0 Å². The molecule has 5 nitrogen and oxygen atoms in total. The van der Waals surface area contributed by atoms with Gasteiger partial charge in [0.25, 0.3) is 0 Å². The Balaban J connectivity index is 1.61. The summed E-state index contributed by atoms with van der Waals surface area (Å²) in [6.45, 7) is 4.26. The maximum atomic E-state index is 12.0. The Morgan fingerprint density at radius 1 is 1.22 bits per heavy atom. The highest BCUT2D eigenvalue weighted by Gasteiger charge is 2.44. The van der Waals surface area contributed by atoms with E-state index in [4.69, 9.17) is 16.6 Å². The van der Waals surface area contributed by atoms with Crippen LogP contribution in [0.3, 0.4) is 0 Å². The van der Waals surface area contributed by atoms with Gasteiger partial charge < -0.3 is 10.2 Å². The predicted octanol–water partition coefficient (Wildman–Crippen LogP) is 2.21. The van der Waals surface area contributed by atoms with E-state index in [9.17, 15) is 4.79 Å². The lowest BCUT2D eigenvalue weighted by atomic mass is 9.88. The third kappa shape index (κ3) is 2.35. The van der Waals surface area contributed by atoms with Crippen LogP contribution in [-0.4, -0.2) is 36.2 Å². The Morgan fingerprint density at radius 2 is 2.00 bits per heavy atom. The molecule has 0 bridgehead atoms. The third-order valence-corrected chi connectivity index (χ3v) is 5.37. The van der Waals surface area contributed by atoms with Gasteiger partial charge in [-0.25, -0.2) is 4.98 Å². The van der Waals surface area contributed by atoms with Gasteiger partial charge in [0.05, 0.1) is 12.2 Å². The minimum Gasteiger partial charge on any atom is -0.356 e. The van der Waals surface area contributed by atoms with E-state index in [1.165, 1.54) is 0 Å². The van der Waals surface area contributed by atoms with Crippen LogP contribution >= 0.6 is 11.6 Å². The number of nitrogens with zero attached hydrogens (tertiary/aromatic N) is 2. The van der Waals surface area contributed by atoms with Gasteiger partial charge in [-0.2, -0.15) is 0 Å². The summed E-state index contributed by atoms with van der Waals surface area (Å²) in [6, 6.07) is 7.97. The minimum atomic E-state index is -0.382. The van der Waals surface area contributed by atoms with E-state index in [1.54, 1.807) is 0 Å². The molecule has 4 rings (SSSR count). The van der Waals surface area contributed by atoms with Crippen LogP contribution in [0.1, 0.15) is 18.4 Å². The number of aromatic nitrogens is 1. The SMILES string of the molecule is Cc1ccc(Cl)c2ccc(N3CCC4(CC3)NCNC4=O)nc12. The second-order valence-electron chi connectivity index (χ2n) is 6.36. The molecule has 2 saturated heterocycles. The largest absolute Gasteiger partial charge is 0.356 e. The standard InChI is InChI=1S/C17H19ClN4O/c1-11-2-4-13(18)12-3-5-14(21-15(11)12)22-8-6-17(7-9-22)16(23)19-10-20-17/h2-5,20H,6-10H2,1H3,(H,19,23). The lowest BCUT2D eigenvalue weighted by Crippen LogP contribution is -2.54. The molecule has 2 aromatic rings. The maximum Gasteiger partial charge on any atom is 0.241 e. The highest BCUT2D eigenvalue weighted by Crippen LogP contribution is 2.30. The van der Waals surface area contributed by atoms with Crippen LogP contribution in [0.2, 0.25) is 5.02 Å². The van der Waals surface area contributed by atoms with Crippen molar-refractivity contribution in [3.63, 3.8) is 0 Å². The average Bonchev–Trinajstić information content (AvgIpc) is 2.92. The van der Waals surface area contributed by atoms with Crippen molar-refractivity contribution in [2.24, 2.45) is 0 Å². The number of rotatable bonds is 1. The number of carbonyl (C=O) groups excluding carboxylic acids is 1. The second-order valence-corrected chi connectivity index (χ2v) is 6.77. The van der Waals surface area contributed by atoms with Crippen molar-refractivity contribution >= 4 is 34.2 Å². The number of carbonyl (C=O) groups is 1. The topological polar surface area (TPSA) is 57.3 Å². The monoisotopic (exact) mass is 330 g/mol. The molecular weight excluding hydrogens is 312 g/mol. The van der Waals surface area contributed by atoms with Gasteiger partial charge in [-0.05, 0) is 43.5 Å². The molecule has 0 atom stereocenters. The summed E-state index contributed by atoms with van der Waals surface area (Å²) in [7, 11) is 0. The zero-order valence-electron chi connectivity index (χ0n) is 13.0. The summed E-state index contributed by atoms with van der Waals surface area (Å²) in [6.07, 6.45) is 1.60. The van der Waals surface area contributed by atoms with E-state index in [0.29, 0.717) is 6.67 Å². The number of halogens is 1. The molecule has 1 aromatic heterocycles. The Labute approximate surface area is 140 Å². The Hall–Kier alpha value is -1.85. The van der Waals surface area contributed by atoms with E-state index in [0.717, 1.165) is 53.2 Å². The number of amides is 1. The molecule has 2 fully saturated rings. The zero-order valence-corrected chi connectivity index (χ0v) is 13.8. The van der Waals surface area contributed by atoms with Crippen molar-refractivity contribution in [2.45, 2.75) is 25.3 Å². The van der Waals surface area contributed by atoms with Gasteiger partial charge in [0.1, 0.15) is 11.4 Å². The third-order valence-electron chi connectivity index (χ3n) is 5.04. The number of aryl methyl sites for hydroxylation is 1. The van der Waals surface area contributed by atoms with Gasteiger partial charge in [0.2, 0.25) is 5.91 Å². The average molecular weight is 331 g/mol. The molecule has 3 heterocycles. The van der Waals surface area contributed by atoms with Crippen molar-refractivity contribution in [1.29, 1.82) is 0 Å². The van der Waals surface area contributed by atoms with Crippen LogP contribution in [0.15, 0.2) is 24.3 Å². The Morgan fingerprint density at radius 3 is 2.70 bits per heavy atom. The highest BCUT2D eigenvalue weighted by atomic mass is 35.5. The number of anilines is 1. The first-order chi connectivity index (χ1) is 11.1. The number of fused-ring (bicyclic) bond motifs is 1. The normalized spacial score (nSPS) is 20.3. The van der Waals surface area contributed by atoms with E-state index >= 15 is 0 Å². The van der Waals surface area contributed by atoms with Gasteiger partial charge in [0, 0.05) is 23.5 Å². The van der Waals surface area contributed by atoms with Gasteiger partial charge in [-0.15, -0.1) is 0 Å². The molecule has 0 saturated carbocycles. The molecular formula is C17H19ClN4O. The van der Waals surface area contributed by atoms with Gasteiger partial charge in [0.15, 0.2) is 0 Å². The van der Waals surface area contributed by atoms with Crippen LogP contribution in [0, 0.1) is 6.92 Å². The number of piperidine rings is 1. The summed E-state index contributed by atoms with van der Waals surface area (Å²) in [5.41, 5.74) is 1.69. The molecule has 2 aliphatic rings. The van der Waals surface area contributed by atoms with Gasteiger partial charge in [-0.1, -0.05) is 17.7 Å². The summed E-state index contributed by atoms with van der Waals surface area (Å²) in [5, 5.41) is 7.91. The van der Waals surface area contributed by atoms with E-state index < -0.39 is 0 Å². The lowest BCUT2D eigenvalue weighted by Gasteiger charge is -2.38. The van der Waals surface area contributed by atoms with Gasteiger partial charge >= 0.3 is 0 Å². The number of benzene rings is 1. The highest BCUT2D eigenvalue weighted by molar-refractivity contribution is 6.35. The van der Waals surface area contributed by atoms with Crippen molar-refractivity contribution in [3.8, 4) is 0 Å². The molecule has 0 radical (unpaired) electrons. The maximum absolute atomic E-state index is 12.0.